The van der Waals surface area contributed by atoms with Gasteiger partial charge in [-0.3, -0.25) is 0 Å². The van der Waals surface area contributed by atoms with Gasteiger partial charge >= 0.3 is 0 Å². The molecule has 1 radical (unpaired) electrons. The third-order valence-electron chi connectivity index (χ3n) is 1.08. The summed E-state index contributed by atoms with van der Waals surface area (Å²) in [6.45, 7) is 3.15. The van der Waals surface area contributed by atoms with E-state index in [2.05, 4.69) is 13.3 Å². The Bertz CT molecular complexity index is 48.1. The molecule has 1 heteroatoms. The molecule has 1 fully saturated rings. The van der Waals surface area contributed by atoms with E-state index in [1.54, 1.807) is 0 Å². The molecule has 1 nitrogen and oxygen atoms in total. The molecule has 0 saturated carbocycles. The van der Waals surface area contributed by atoms with Gasteiger partial charge in [0.15, 0.2) is 0 Å². The quantitative estimate of drug-likeness (QED) is 0.487. The Morgan fingerprint density at radius 2 is 2.57 bits per heavy atom. The maximum Gasteiger partial charge on any atom is 0.0841 e. The molecule has 1 atom stereocenters. The van der Waals surface area contributed by atoms with Crippen LogP contribution in [0, 0.1) is 6.42 Å². The zero-order chi connectivity index (χ0) is 5.11. The minimum atomic E-state index is 0.528. The molecule has 7 heavy (non-hydrogen) atoms. The van der Waals surface area contributed by atoms with Gasteiger partial charge in [-0.05, 0) is 12.8 Å². The van der Waals surface area contributed by atoms with Crippen molar-refractivity contribution in [2.75, 3.05) is 6.61 Å². The monoisotopic (exact) mass is 99.1 g/mol. The van der Waals surface area contributed by atoms with Gasteiger partial charge in [0.05, 0.1) is 12.7 Å². The molecule has 0 bridgehead atoms. The van der Waals surface area contributed by atoms with Crippen LogP contribution in [-0.4, -0.2) is 12.7 Å². The Morgan fingerprint density at radius 3 is 3.00 bits per heavy atom. The molecule has 1 unspecified atom stereocenters. The normalized spacial score (nSPS) is 27.9. The van der Waals surface area contributed by atoms with Crippen LogP contribution < -0.4 is 0 Å². The zero-order valence-corrected chi connectivity index (χ0v) is 4.68. The number of ether oxygens (including phenoxy) is 1. The first-order valence-electron chi connectivity index (χ1n) is 2.88. The second-order valence-electron chi connectivity index (χ2n) is 1.90. The number of hydrogen-bond donors (Lipinski definition) is 0. The molecule has 0 aliphatic carbocycles. The van der Waals surface area contributed by atoms with Gasteiger partial charge in [-0.1, -0.05) is 13.3 Å². The molecule has 0 aromatic rings. The lowest BCUT2D eigenvalue weighted by Crippen LogP contribution is -1.83. The van der Waals surface area contributed by atoms with E-state index in [1.807, 2.05) is 0 Å². The van der Waals surface area contributed by atoms with E-state index in [9.17, 15) is 0 Å². The number of hydrogen-bond acceptors (Lipinski definition) is 1. The molecule has 0 spiro atoms. The van der Waals surface area contributed by atoms with E-state index in [0.29, 0.717) is 6.10 Å². The average molecular weight is 99.2 g/mol. The lowest BCUT2D eigenvalue weighted by molar-refractivity contribution is 0.425. The van der Waals surface area contributed by atoms with Crippen molar-refractivity contribution in [2.45, 2.75) is 25.9 Å². The van der Waals surface area contributed by atoms with E-state index in [4.69, 9.17) is 4.74 Å². The lowest BCUT2D eigenvalue weighted by Gasteiger charge is -1.85. The highest BCUT2D eigenvalue weighted by molar-refractivity contribution is 4.84. The Hall–Kier alpha value is -0.0400. The van der Waals surface area contributed by atoms with Crippen molar-refractivity contribution >= 4 is 0 Å². The van der Waals surface area contributed by atoms with E-state index in [1.165, 1.54) is 12.8 Å². The molecule has 1 saturated heterocycles. The van der Waals surface area contributed by atoms with Crippen molar-refractivity contribution in [3.8, 4) is 0 Å². The van der Waals surface area contributed by atoms with Gasteiger partial charge in [-0.2, -0.15) is 0 Å². The number of rotatable bonds is 3. The predicted molar refractivity (Wildman–Crippen MR) is 28.9 cm³/mol. The van der Waals surface area contributed by atoms with E-state index in [-0.39, 0.29) is 0 Å². The summed E-state index contributed by atoms with van der Waals surface area (Å²) in [4.78, 5) is 0. The van der Waals surface area contributed by atoms with Gasteiger partial charge in [0.2, 0.25) is 0 Å². The van der Waals surface area contributed by atoms with Crippen LogP contribution in [0.5, 0.6) is 0 Å². The first-order valence-corrected chi connectivity index (χ1v) is 2.88. The Morgan fingerprint density at radius 1 is 1.86 bits per heavy atom. The number of unbranched alkanes of at least 4 members (excludes halogenated alkanes) is 1. The van der Waals surface area contributed by atoms with Crippen LogP contribution in [0.3, 0.4) is 0 Å². The third kappa shape index (κ3) is 1.93. The predicted octanol–water partition coefficient (Wildman–Crippen LogP) is 1.39. The van der Waals surface area contributed by atoms with Gasteiger partial charge in [0.25, 0.3) is 0 Å². The largest absolute Gasteiger partial charge is 0.373 e. The number of epoxide rings is 1. The lowest BCUT2D eigenvalue weighted by atomic mass is 10.2. The van der Waals surface area contributed by atoms with Crippen LogP contribution in [0.4, 0.5) is 0 Å². The first kappa shape index (κ1) is 5.10. The maximum atomic E-state index is 4.96. The standard InChI is InChI=1S/C6H11O/c1-2-3-4-6-5-7-6/h4,6H,2-3,5H2,1H3. The Kier molecular flexibility index (Phi) is 1.69. The fraction of sp³-hybridized carbons (Fsp3) is 0.833. The Labute approximate surface area is 44.7 Å². The molecular weight excluding hydrogens is 88.1 g/mol. The SMILES string of the molecule is CCC[CH]C1CO1. The summed E-state index contributed by atoms with van der Waals surface area (Å²) < 4.78 is 4.96. The summed E-state index contributed by atoms with van der Waals surface area (Å²) in [5.41, 5.74) is 0. The molecule has 1 rings (SSSR count). The highest BCUT2D eigenvalue weighted by atomic mass is 16.6. The van der Waals surface area contributed by atoms with E-state index < -0.39 is 0 Å². The van der Waals surface area contributed by atoms with Crippen molar-refractivity contribution in [1.82, 2.24) is 0 Å². The second-order valence-corrected chi connectivity index (χ2v) is 1.90. The van der Waals surface area contributed by atoms with Crippen molar-refractivity contribution in [3.63, 3.8) is 0 Å². The van der Waals surface area contributed by atoms with Gasteiger partial charge in [0, 0.05) is 0 Å². The highest BCUT2D eigenvalue weighted by Gasteiger charge is 2.20. The van der Waals surface area contributed by atoms with Crippen LogP contribution in [-0.2, 0) is 4.74 Å². The van der Waals surface area contributed by atoms with Gasteiger partial charge < -0.3 is 4.74 Å². The van der Waals surface area contributed by atoms with Crippen molar-refractivity contribution in [3.05, 3.63) is 6.42 Å². The average Bonchev–Trinajstić information content (AvgIpc) is 2.42. The van der Waals surface area contributed by atoms with Gasteiger partial charge in [0.1, 0.15) is 0 Å². The molecule has 41 valence electrons. The van der Waals surface area contributed by atoms with Crippen LogP contribution >= 0.6 is 0 Å². The van der Waals surface area contributed by atoms with Crippen LogP contribution in [0.2, 0.25) is 0 Å². The summed E-state index contributed by atoms with van der Waals surface area (Å²) in [6.07, 6.45) is 5.23. The first-order chi connectivity index (χ1) is 3.43. The fourth-order valence-corrected chi connectivity index (χ4v) is 0.544. The molecule has 0 aromatic heterocycles. The fourth-order valence-electron chi connectivity index (χ4n) is 0.544. The molecule has 1 aliphatic rings. The van der Waals surface area contributed by atoms with E-state index in [0.717, 1.165) is 6.61 Å². The smallest absolute Gasteiger partial charge is 0.0841 e. The topological polar surface area (TPSA) is 12.5 Å². The summed E-state index contributed by atoms with van der Waals surface area (Å²) >= 11 is 0. The van der Waals surface area contributed by atoms with Crippen LogP contribution in [0.25, 0.3) is 0 Å². The summed E-state index contributed by atoms with van der Waals surface area (Å²) in [5, 5.41) is 0. The van der Waals surface area contributed by atoms with Crippen molar-refractivity contribution in [2.24, 2.45) is 0 Å². The Balaban J connectivity index is 1.80. The summed E-state index contributed by atoms with van der Waals surface area (Å²) in [7, 11) is 0. The molecule has 0 aromatic carbocycles. The third-order valence-corrected chi connectivity index (χ3v) is 1.08. The minimum absolute atomic E-state index is 0.528. The maximum absolute atomic E-state index is 4.96. The van der Waals surface area contributed by atoms with Gasteiger partial charge in [-0.25, -0.2) is 0 Å². The summed E-state index contributed by atoms with van der Waals surface area (Å²) in [6, 6.07) is 0. The zero-order valence-electron chi connectivity index (χ0n) is 4.68. The van der Waals surface area contributed by atoms with Crippen molar-refractivity contribution in [1.29, 1.82) is 0 Å². The molecular formula is C6H11O. The van der Waals surface area contributed by atoms with Crippen LogP contribution in [0.15, 0.2) is 0 Å². The molecule has 0 N–H and O–H groups in total. The molecule has 1 heterocycles. The second kappa shape index (κ2) is 2.31. The molecule has 1 aliphatic heterocycles. The summed E-state index contributed by atoms with van der Waals surface area (Å²) in [5.74, 6) is 0. The minimum Gasteiger partial charge on any atom is -0.373 e. The molecule has 0 amide bonds. The van der Waals surface area contributed by atoms with E-state index >= 15 is 0 Å². The van der Waals surface area contributed by atoms with Gasteiger partial charge in [-0.15, -0.1) is 0 Å². The van der Waals surface area contributed by atoms with Crippen molar-refractivity contribution < 1.29 is 4.74 Å². The van der Waals surface area contributed by atoms with Crippen LogP contribution in [0.1, 0.15) is 19.8 Å². The highest BCUT2D eigenvalue weighted by Crippen LogP contribution is 2.14.